The number of hydrogen-bond acceptors (Lipinski definition) is 1. The smallest absolute Gasteiger partial charge is 0.378 e. The van der Waals surface area contributed by atoms with E-state index >= 15 is 0 Å². The minimum absolute atomic E-state index is 0.332. The Morgan fingerprint density at radius 2 is 1.47 bits per heavy atom. The van der Waals surface area contributed by atoms with Gasteiger partial charge in [0.2, 0.25) is 0 Å². The molecule has 1 unspecified atom stereocenters. The van der Waals surface area contributed by atoms with Crippen LogP contribution in [0.4, 0.5) is 18.9 Å². The Morgan fingerprint density at radius 1 is 1.00 bits per heavy atom. The van der Waals surface area contributed by atoms with Crippen LogP contribution in [0.15, 0.2) is 24.3 Å². The fraction of sp³-hybridized carbons (Fsp3) is 0.538. The zero-order chi connectivity index (χ0) is 13.2. The molecule has 1 atom stereocenters. The molecule has 0 spiro atoms. The monoisotopic (exact) mass is 245 g/mol. The van der Waals surface area contributed by atoms with Crippen LogP contribution >= 0.6 is 0 Å². The van der Waals surface area contributed by atoms with Gasteiger partial charge in [-0.05, 0) is 23.6 Å². The molecule has 0 amide bonds. The van der Waals surface area contributed by atoms with E-state index in [4.69, 9.17) is 0 Å². The third kappa shape index (κ3) is 3.38. The van der Waals surface area contributed by atoms with Crippen LogP contribution in [0.2, 0.25) is 0 Å². The number of halogens is 3. The number of alkyl halides is 3. The second kappa shape index (κ2) is 4.98. The van der Waals surface area contributed by atoms with E-state index in [9.17, 15) is 13.2 Å². The van der Waals surface area contributed by atoms with E-state index in [2.05, 4.69) is 0 Å². The standard InChI is InChI=1S/C13H18F3N/c1-9(2)12(13(14,15)16)10-5-7-11(8-6-10)17(3)4/h5-9,12H,1-4H3. The Morgan fingerprint density at radius 3 is 1.76 bits per heavy atom. The molecule has 0 aliphatic carbocycles. The quantitative estimate of drug-likeness (QED) is 0.776. The van der Waals surface area contributed by atoms with Crippen molar-refractivity contribution in [1.29, 1.82) is 0 Å². The molecular formula is C13H18F3N. The zero-order valence-electron chi connectivity index (χ0n) is 10.5. The number of benzene rings is 1. The molecule has 0 aromatic heterocycles. The van der Waals surface area contributed by atoms with E-state index in [0.717, 1.165) is 5.69 Å². The lowest BCUT2D eigenvalue weighted by Gasteiger charge is -2.24. The first-order chi connectivity index (χ1) is 7.73. The predicted octanol–water partition coefficient (Wildman–Crippen LogP) is 4.05. The topological polar surface area (TPSA) is 3.24 Å². The third-order valence-electron chi connectivity index (χ3n) is 2.79. The van der Waals surface area contributed by atoms with Gasteiger partial charge in [0, 0.05) is 19.8 Å². The number of anilines is 1. The molecule has 0 heterocycles. The summed E-state index contributed by atoms with van der Waals surface area (Å²) in [5.41, 5.74) is 1.23. The average molecular weight is 245 g/mol. The van der Waals surface area contributed by atoms with Crippen LogP contribution in [0.1, 0.15) is 25.3 Å². The van der Waals surface area contributed by atoms with Gasteiger partial charge in [0.05, 0.1) is 5.92 Å². The Bertz CT molecular complexity index is 352. The average Bonchev–Trinajstić information content (AvgIpc) is 2.15. The highest BCUT2D eigenvalue weighted by Gasteiger charge is 2.42. The Kier molecular flexibility index (Phi) is 4.07. The fourth-order valence-electron chi connectivity index (χ4n) is 1.93. The van der Waals surface area contributed by atoms with Gasteiger partial charge < -0.3 is 4.90 Å². The summed E-state index contributed by atoms with van der Waals surface area (Å²) in [5.74, 6) is -1.85. The molecule has 96 valence electrons. The van der Waals surface area contributed by atoms with Crippen LogP contribution in [0, 0.1) is 5.92 Å². The number of nitrogens with zero attached hydrogens (tertiary/aromatic N) is 1. The van der Waals surface area contributed by atoms with E-state index in [1.165, 1.54) is 0 Å². The van der Waals surface area contributed by atoms with Gasteiger partial charge in [-0.25, -0.2) is 0 Å². The fourth-order valence-corrected chi connectivity index (χ4v) is 1.93. The third-order valence-corrected chi connectivity index (χ3v) is 2.79. The van der Waals surface area contributed by atoms with E-state index in [1.807, 2.05) is 19.0 Å². The summed E-state index contributed by atoms with van der Waals surface area (Å²) in [4.78, 5) is 1.86. The second-order valence-electron chi connectivity index (χ2n) is 4.75. The van der Waals surface area contributed by atoms with E-state index in [-0.39, 0.29) is 0 Å². The van der Waals surface area contributed by atoms with Crippen LogP contribution < -0.4 is 4.90 Å². The van der Waals surface area contributed by atoms with E-state index in [0.29, 0.717) is 5.56 Å². The maximum Gasteiger partial charge on any atom is 0.395 e. The molecule has 0 saturated heterocycles. The van der Waals surface area contributed by atoms with E-state index < -0.39 is 18.0 Å². The first-order valence-electron chi connectivity index (χ1n) is 5.57. The maximum atomic E-state index is 12.9. The van der Waals surface area contributed by atoms with Gasteiger partial charge in [0.25, 0.3) is 0 Å². The molecule has 0 radical (unpaired) electrons. The highest BCUT2D eigenvalue weighted by Crippen LogP contribution is 2.40. The summed E-state index contributed by atoms with van der Waals surface area (Å²) in [7, 11) is 3.72. The largest absolute Gasteiger partial charge is 0.395 e. The van der Waals surface area contributed by atoms with Crippen LogP contribution in [-0.2, 0) is 0 Å². The summed E-state index contributed by atoms with van der Waals surface area (Å²) in [6.45, 7) is 3.19. The summed E-state index contributed by atoms with van der Waals surface area (Å²) < 4.78 is 38.7. The molecule has 1 rings (SSSR count). The molecule has 4 heteroatoms. The van der Waals surface area contributed by atoms with Crippen molar-refractivity contribution in [3.8, 4) is 0 Å². The van der Waals surface area contributed by atoms with Crippen molar-refractivity contribution in [2.75, 3.05) is 19.0 Å². The number of hydrogen-bond donors (Lipinski definition) is 0. The first-order valence-corrected chi connectivity index (χ1v) is 5.57. The second-order valence-corrected chi connectivity index (χ2v) is 4.75. The van der Waals surface area contributed by atoms with Crippen molar-refractivity contribution < 1.29 is 13.2 Å². The van der Waals surface area contributed by atoms with Crippen molar-refractivity contribution >= 4 is 5.69 Å². The van der Waals surface area contributed by atoms with Crippen molar-refractivity contribution in [3.05, 3.63) is 29.8 Å². The summed E-state index contributed by atoms with van der Waals surface area (Å²) >= 11 is 0. The molecular weight excluding hydrogens is 227 g/mol. The van der Waals surface area contributed by atoms with Gasteiger partial charge in [-0.2, -0.15) is 13.2 Å². The maximum absolute atomic E-state index is 12.9. The molecule has 17 heavy (non-hydrogen) atoms. The molecule has 1 aromatic rings. The predicted molar refractivity (Wildman–Crippen MR) is 64.4 cm³/mol. The molecule has 1 aromatic carbocycles. The molecule has 0 aliphatic heterocycles. The highest BCUT2D eigenvalue weighted by molar-refractivity contribution is 5.46. The van der Waals surface area contributed by atoms with Gasteiger partial charge in [0.15, 0.2) is 0 Å². The lowest BCUT2D eigenvalue weighted by Crippen LogP contribution is -2.25. The Labute approximate surface area is 100 Å². The molecule has 1 nitrogen and oxygen atoms in total. The zero-order valence-corrected chi connectivity index (χ0v) is 10.5. The normalized spacial score (nSPS) is 13.9. The van der Waals surface area contributed by atoms with Gasteiger partial charge in [-0.1, -0.05) is 26.0 Å². The van der Waals surface area contributed by atoms with Crippen LogP contribution in [-0.4, -0.2) is 20.3 Å². The van der Waals surface area contributed by atoms with Gasteiger partial charge in [-0.3, -0.25) is 0 Å². The van der Waals surface area contributed by atoms with E-state index in [1.54, 1.807) is 38.1 Å². The Hall–Kier alpha value is -1.19. The van der Waals surface area contributed by atoms with Crippen molar-refractivity contribution in [1.82, 2.24) is 0 Å². The van der Waals surface area contributed by atoms with Crippen LogP contribution in [0.25, 0.3) is 0 Å². The summed E-state index contributed by atoms with van der Waals surface area (Å²) in [6.07, 6.45) is -4.19. The van der Waals surface area contributed by atoms with Crippen LogP contribution in [0.3, 0.4) is 0 Å². The lowest BCUT2D eigenvalue weighted by atomic mass is 9.88. The molecule has 0 fully saturated rings. The van der Waals surface area contributed by atoms with Crippen molar-refractivity contribution in [3.63, 3.8) is 0 Å². The summed E-state index contributed by atoms with van der Waals surface area (Å²) in [5, 5.41) is 0. The molecule has 0 aliphatic rings. The highest BCUT2D eigenvalue weighted by atomic mass is 19.4. The lowest BCUT2D eigenvalue weighted by molar-refractivity contribution is -0.159. The first kappa shape index (κ1) is 13.9. The number of rotatable bonds is 3. The molecule has 0 saturated carbocycles. The molecule has 0 N–H and O–H groups in total. The molecule has 0 bridgehead atoms. The van der Waals surface area contributed by atoms with Crippen molar-refractivity contribution in [2.24, 2.45) is 5.92 Å². The minimum atomic E-state index is -4.19. The summed E-state index contributed by atoms with van der Waals surface area (Å²) in [6, 6.07) is 6.56. The van der Waals surface area contributed by atoms with Gasteiger partial charge in [0.1, 0.15) is 0 Å². The van der Waals surface area contributed by atoms with Gasteiger partial charge in [-0.15, -0.1) is 0 Å². The minimum Gasteiger partial charge on any atom is -0.378 e. The SMILES string of the molecule is CC(C)C(c1ccc(N(C)C)cc1)C(F)(F)F. The van der Waals surface area contributed by atoms with Crippen LogP contribution in [0.5, 0.6) is 0 Å². The van der Waals surface area contributed by atoms with Crippen molar-refractivity contribution in [2.45, 2.75) is 25.9 Å². The van der Waals surface area contributed by atoms with Gasteiger partial charge >= 0.3 is 6.18 Å². The Balaban J connectivity index is 3.05.